The van der Waals surface area contributed by atoms with E-state index in [2.05, 4.69) is 24.3 Å². The van der Waals surface area contributed by atoms with Crippen LogP contribution in [-0.2, 0) is 4.79 Å². The van der Waals surface area contributed by atoms with E-state index >= 15 is 0 Å². The maximum Gasteiger partial charge on any atom is 0.284 e. The van der Waals surface area contributed by atoms with E-state index in [1.807, 2.05) is 12.1 Å². The molecule has 3 aromatic heterocycles. The summed E-state index contributed by atoms with van der Waals surface area (Å²) in [6.45, 7) is 0. The molecule has 0 unspecified atom stereocenters. The first-order valence-electron chi connectivity index (χ1n) is 6.81. The van der Waals surface area contributed by atoms with Gasteiger partial charge in [-0.1, -0.05) is 17.8 Å². The second-order valence-electron chi connectivity index (χ2n) is 4.62. The number of carbonyl (C=O) groups excluding carboxylic acids is 1. The summed E-state index contributed by atoms with van der Waals surface area (Å²) in [5.41, 5.74) is 2.07. The highest BCUT2D eigenvalue weighted by atomic mass is 32.2. The zero-order valence-electron chi connectivity index (χ0n) is 12.0. The standard InChI is InChI=1S/C14H9N5O3S2/c20-11(15-8-3-1-4-9-12(8)19-24-18-9)7-23-14-17-16-13(22-14)10-5-2-6-21-10/h1-6H,7H2,(H,15,20). The zero-order chi connectivity index (χ0) is 16.4. The lowest BCUT2D eigenvalue weighted by Crippen LogP contribution is -2.14. The van der Waals surface area contributed by atoms with Crippen LogP contribution in [0.3, 0.4) is 0 Å². The Balaban J connectivity index is 1.39. The van der Waals surface area contributed by atoms with Gasteiger partial charge in [0.2, 0.25) is 5.91 Å². The molecule has 120 valence electrons. The van der Waals surface area contributed by atoms with E-state index in [-0.39, 0.29) is 17.6 Å². The van der Waals surface area contributed by atoms with Crippen LogP contribution in [0.1, 0.15) is 0 Å². The predicted octanol–water partition coefficient (Wildman–Crippen LogP) is 3.07. The molecule has 0 spiro atoms. The summed E-state index contributed by atoms with van der Waals surface area (Å²) < 4.78 is 18.9. The summed E-state index contributed by atoms with van der Waals surface area (Å²) in [5, 5.41) is 10.9. The Bertz CT molecular complexity index is 979. The van der Waals surface area contributed by atoms with Crippen molar-refractivity contribution < 1.29 is 13.6 Å². The van der Waals surface area contributed by atoms with Crippen LogP contribution in [0.25, 0.3) is 22.7 Å². The molecule has 3 heterocycles. The number of nitrogens with zero attached hydrogens (tertiary/aromatic N) is 4. The van der Waals surface area contributed by atoms with Crippen molar-refractivity contribution >= 4 is 46.1 Å². The number of aromatic nitrogens is 4. The van der Waals surface area contributed by atoms with Crippen molar-refractivity contribution in [3.05, 3.63) is 36.6 Å². The van der Waals surface area contributed by atoms with Crippen molar-refractivity contribution in [3.63, 3.8) is 0 Å². The maximum absolute atomic E-state index is 12.1. The number of hydrogen-bond donors (Lipinski definition) is 1. The molecule has 24 heavy (non-hydrogen) atoms. The van der Waals surface area contributed by atoms with Gasteiger partial charge in [-0.25, -0.2) is 0 Å². The molecule has 0 saturated heterocycles. The van der Waals surface area contributed by atoms with Gasteiger partial charge in [0.25, 0.3) is 11.1 Å². The molecule has 0 radical (unpaired) electrons. The molecule has 1 amide bonds. The molecule has 0 saturated carbocycles. The molecule has 0 bridgehead atoms. The average molecular weight is 359 g/mol. The second-order valence-corrected chi connectivity index (χ2v) is 6.08. The summed E-state index contributed by atoms with van der Waals surface area (Å²) in [6, 6.07) is 8.90. The van der Waals surface area contributed by atoms with Gasteiger partial charge < -0.3 is 14.2 Å². The molecule has 4 aromatic rings. The molecular formula is C14H9N5O3S2. The van der Waals surface area contributed by atoms with Gasteiger partial charge in [-0.3, -0.25) is 4.79 Å². The highest BCUT2D eigenvalue weighted by molar-refractivity contribution is 7.99. The summed E-state index contributed by atoms with van der Waals surface area (Å²) in [6.07, 6.45) is 1.52. The third kappa shape index (κ3) is 3.01. The lowest BCUT2D eigenvalue weighted by molar-refractivity contribution is -0.113. The van der Waals surface area contributed by atoms with Gasteiger partial charge in [-0.15, -0.1) is 10.2 Å². The molecule has 0 aliphatic heterocycles. The van der Waals surface area contributed by atoms with Crippen LogP contribution in [0.5, 0.6) is 0 Å². The molecule has 0 aliphatic rings. The topological polar surface area (TPSA) is 107 Å². The van der Waals surface area contributed by atoms with Gasteiger partial charge in [-0.05, 0) is 24.3 Å². The number of furan rings is 1. The number of amides is 1. The Kier molecular flexibility index (Phi) is 3.97. The van der Waals surface area contributed by atoms with Crippen molar-refractivity contribution in [1.29, 1.82) is 0 Å². The summed E-state index contributed by atoms with van der Waals surface area (Å²) in [4.78, 5) is 12.1. The van der Waals surface area contributed by atoms with Crippen LogP contribution in [0.15, 0.2) is 50.7 Å². The van der Waals surface area contributed by atoms with Crippen LogP contribution >= 0.6 is 23.5 Å². The fourth-order valence-electron chi connectivity index (χ4n) is 1.99. The Labute approximate surface area is 143 Å². The van der Waals surface area contributed by atoms with Crippen molar-refractivity contribution in [3.8, 4) is 11.7 Å². The lowest BCUT2D eigenvalue weighted by atomic mass is 10.2. The fourth-order valence-corrected chi connectivity index (χ4v) is 3.10. The first kappa shape index (κ1) is 14.8. The highest BCUT2D eigenvalue weighted by Crippen LogP contribution is 2.24. The molecular weight excluding hydrogens is 350 g/mol. The van der Waals surface area contributed by atoms with Crippen LogP contribution < -0.4 is 5.32 Å². The van der Waals surface area contributed by atoms with Crippen LogP contribution in [0, 0.1) is 0 Å². The minimum absolute atomic E-state index is 0.133. The summed E-state index contributed by atoms with van der Waals surface area (Å²) in [5.74, 6) is 0.703. The van der Waals surface area contributed by atoms with E-state index in [4.69, 9.17) is 8.83 Å². The van der Waals surface area contributed by atoms with Crippen molar-refractivity contribution in [1.82, 2.24) is 18.9 Å². The zero-order valence-corrected chi connectivity index (χ0v) is 13.6. The van der Waals surface area contributed by atoms with Crippen LogP contribution in [0.2, 0.25) is 0 Å². The normalized spacial score (nSPS) is 11.0. The van der Waals surface area contributed by atoms with E-state index in [0.717, 1.165) is 29.0 Å². The second kappa shape index (κ2) is 6.42. The highest BCUT2D eigenvalue weighted by Gasteiger charge is 2.14. The van der Waals surface area contributed by atoms with Gasteiger partial charge in [0.15, 0.2) is 5.76 Å². The fraction of sp³-hybridized carbons (Fsp3) is 0.0714. The molecule has 0 atom stereocenters. The van der Waals surface area contributed by atoms with E-state index in [1.165, 1.54) is 6.26 Å². The minimum atomic E-state index is -0.196. The Hall–Kier alpha value is -2.72. The largest absolute Gasteiger partial charge is 0.459 e. The van der Waals surface area contributed by atoms with E-state index in [9.17, 15) is 4.79 Å². The van der Waals surface area contributed by atoms with Crippen molar-refractivity contribution in [2.24, 2.45) is 0 Å². The van der Waals surface area contributed by atoms with E-state index < -0.39 is 0 Å². The third-order valence-corrected chi connectivity index (χ3v) is 4.39. The monoisotopic (exact) mass is 359 g/mol. The van der Waals surface area contributed by atoms with E-state index in [0.29, 0.717) is 22.2 Å². The number of hydrogen-bond acceptors (Lipinski definition) is 9. The third-order valence-electron chi connectivity index (χ3n) is 3.03. The van der Waals surface area contributed by atoms with Crippen LogP contribution in [0.4, 0.5) is 5.69 Å². The predicted molar refractivity (Wildman–Crippen MR) is 88.8 cm³/mol. The Morgan fingerprint density at radius 2 is 2.17 bits per heavy atom. The van der Waals surface area contributed by atoms with Crippen molar-refractivity contribution in [2.75, 3.05) is 11.1 Å². The molecule has 4 rings (SSSR count). The van der Waals surface area contributed by atoms with Gasteiger partial charge in [-0.2, -0.15) is 8.75 Å². The van der Waals surface area contributed by atoms with Crippen LogP contribution in [-0.4, -0.2) is 30.6 Å². The lowest BCUT2D eigenvalue weighted by Gasteiger charge is -2.03. The SMILES string of the molecule is O=C(CSc1nnc(-c2ccco2)o1)Nc1cccc2nsnc12. The van der Waals surface area contributed by atoms with Gasteiger partial charge in [0, 0.05) is 0 Å². The smallest absolute Gasteiger partial charge is 0.284 e. The number of fused-ring (bicyclic) bond motifs is 1. The quantitative estimate of drug-likeness (QED) is 0.542. The van der Waals surface area contributed by atoms with Gasteiger partial charge in [0.05, 0.1) is 29.4 Å². The Morgan fingerprint density at radius 3 is 3.04 bits per heavy atom. The molecule has 0 fully saturated rings. The van der Waals surface area contributed by atoms with Crippen molar-refractivity contribution in [2.45, 2.75) is 5.22 Å². The first-order valence-corrected chi connectivity index (χ1v) is 8.52. The number of benzene rings is 1. The number of nitrogens with one attached hydrogen (secondary N) is 1. The number of thioether (sulfide) groups is 1. The maximum atomic E-state index is 12.1. The summed E-state index contributed by atoms with van der Waals surface area (Å²) >= 11 is 2.25. The molecule has 10 heteroatoms. The number of rotatable bonds is 5. The number of anilines is 1. The molecule has 0 aliphatic carbocycles. The molecule has 8 nitrogen and oxygen atoms in total. The van der Waals surface area contributed by atoms with E-state index in [1.54, 1.807) is 18.2 Å². The van der Waals surface area contributed by atoms with Gasteiger partial charge in [0.1, 0.15) is 11.0 Å². The Morgan fingerprint density at radius 1 is 1.21 bits per heavy atom. The average Bonchev–Trinajstić information content (AvgIpc) is 3.32. The van der Waals surface area contributed by atoms with Gasteiger partial charge >= 0.3 is 0 Å². The summed E-state index contributed by atoms with van der Waals surface area (Å²) in [7, 11) is 0. The first-order chi connectivity index (χ1) is 11.8. The minimum Gasteiger partial charge on any atom is -0.459 e. The molecule has 1 aromatic carbocycles. The number of carbonyl (C=O) groups is 1. The molecule has 1 N–H and O–H groups in total.